The van der Waals surface area contributed by atoms with Crippen LogP contribution in [0.1, 0.15) is 17.2 Å². The van der Waals surface area contributed by atoms with Crippen molar-refractivity contribution in [1.29, 1.82) is 0 Å². The summed E-state index contributed by atoms with van der Waals surface area (Å²) in [4.78, 5) is 11.7. The lowest BCUT2D eigenvalue weighted by Gasteiger charge is -2.37. The molecule has 0 aliphatic carbocycles. The van der Waals surface area contributed by atoms with Gasteiger partial charge in [0.2, 0.25) is 12.5 Å². The van der Waals surface area contributed by atoms with Crippen molar-refractivity contribution in [2.24, 2.45) is 0 Å². The Bertz CT molecular complexity index is 1080. The molecule has 7 N–H and O–H groups in total. The molecule has 12 heteroatoms. The molecule has 2 aromatic rings. The molecule has 0 bridgehead atoms. The lowest BCUT2D eigenvalue weighted by atomic mass is 10.0. The number of hydrogen-bond donors (Lipinski definition) is 7. The van der Waals surface area contributed by atoms with Gasteiger partial charge in [0.05, 0.1) is 12.2 Å². The minimum absolute atomic E-state index is 0.0152. The Balaban J connectivity index is 1.62. The number of morpholine rings is 1. The van der Waals surface area contributed by atoms with Gasteiger partial charge in [0, 0.05) is 17.7 Å². The van der Waals surface area contributed by atoms with Crippen molar-refractivity contribution in [3.63, 3.8) is 0 Å². The van der Waals surface area contributed by atoms with Crippen molar-refractivity contribution in [2.75, 3.05) is 6.61 Å². The molecular formula is C20H19NO11. The Kier molecular flexibility index (Phi) is 5.54. The molecule has 12 nitrogen and oxygen atoms in total. The van der Waals surface area contributed by atoms with E-state index in [9.17, 15) is 40.6 Å². The maximum Gasteiger partial charge on any atom is 0.280 e. The fraction of sp³-hybridized carbons (Fsp3) is 0.250. The average Bonchev–Trinajstić information content (AvgIpc) is 2.75. The van der Waals surface area contributed by atoms with E-state index in [4.69, 9.17) is 14.2 Å². The van der Waals surface area contributed by atoms with Crippen LogP contribution in [0, 0.1) is 0 Å². The quantitative estimate of drug-likeness (QED) is 0.244. The molecule has 2 aliphatic rings. The molecule has 1 saturated heterocycles. The zero-order chi connectivity index (χ0) is 23.2. The van der Waals surface area contributed by atoms with E-state index in [0.717, 1.165) is 6.07 Å². The first kappa shape index (κ1) is 21.7. The largest absolute Gasteiger partial charge is 0.507 e. The van der Waals surface area contributed by atoms with E-state index >= 15 is 0 Å². The van der Waals surface area contributed by atoms with E-state index < -0.39 is 48.7 Å². The molecule has 4 rings (SSSR count). The number of hydrogen-bond acceptors (Lipinski definition) is 11. The average molecular weight is 449 g/mol. The van der Waals surface area contributed by atoms with E-state index in [0.29, 0.717) is 5.56 Å². The lowest BCUT2D eigenvalue weighted by Crippen LogP contribution is -2.59. The first-order valence-corrected chi connectivity index (χ1v) is 9.29. The number of carbonyl (C=O) groups excluding carboxylic acids is 1. The third-order valence-electron chi connectivity index (χ3n) is 4.89. The smallest absolute Gasteiger partial charge is 0.280 e. The summed E-state index contributed by atoms with van der Waals surface area (Å²) in [6, 6.07) is 6.24. The molecule has 1 amide bonds. The summed E-state index contributed by atoms with van der Waals surface area (Å²) in [6.45, 7) is -0.777. The van der Waals surface area contributed by atoms with E-state index in [1.54, 1.807) is 0 Å². The topological polar surface area (TPSA) is 190 Å². The van der Waals surface area contributed by atoms with Crippen molar-refractivity contribution in [3.05, 3.63) is 47.5 Å². The normalized spacial score (nSPS) is 25.1. The van der Waals surface area contributed by atoms with Gasteiger partial charge in [0.25, 0.3) is 5.91 Å². The summed E-state index contributed by atoms with van der Waals surface area (Å²) in [5.74, 6) is -2.27. The maximum absolute atomic E-state index is 11.7. The number of phenols is 3. The molecule has 32 heavy (non-hydrogen) atoms. The van der Waals surface area contributed by atoms with E-state index in [1.165, 1.54) is 30.3 Å². The number of rotatable bonds is 4. The second-order valence-corrected chi connectivity index (χ2v) is 7.03. The Hall–Kier alpha value is -3.55. The molecule has 0 saturated carbocycles. The van der Waals surface area contributed by atoms with Gasteiger partial charge in [-0.3, -0.25) is 10.0 Å². The Morgan fingerprint density at radius 2 is 1.78 bits per heavy atom. The minimum atomic E-state index is -1.93. The fourth-order valence-electron chi connectivity index (χ4n) is 3.28. The van der Waals surface area contributed by atoms with Crippen molar-refractivity contribution in [2.45, 2.75) is 24.7 Å². The van der Waals surface area contributed by atoms with Gasteiger partial charge in [-0.1, -0.05) is 0 Å². The summed E-state index contributed by atoms with van der Waals surface area (Å²) in [6.07, 6.45) is -5.03. The minimum Gasteiger partial charge on any atom is -0.507 e. The number of carbonyl (C=O) groups is 1. The molecule has 0 radical (unpaired) electrons. The second-order valence-electron chi connectivity index (χ2n) is 7.03. The highest BCUT2D eigenvalue weighted by molar-refractivity contribution is 5.80. The third kappa shape index (κ3) is 3.77. The van der Waals surface area contributed by atoms with Crippen LogP contribution in [0.25, 0.3) is 5.76 Å². The standard InChI is InChI=1S/C20H19NO11/c22-7-16-18(27)21(29)19(28)20(32-16)30-9-4-12(25)17-13(26)6-14(31-15(17)5-9)8-1-2-10(23)11(24)3-8/h1-6,13,16,19-20,22-26,28-29H,7H2. The lowest BCUT2D eigenvalue weighted by molar-refractivity contribution is -0.307. The van der Waals surface area contributed by atoms with Crippen molar-refractivity contribution in [1.82, 2.24) is 5.06 Å². The van der Waals surface area contributed by atoms with Crippen molar-refractivity contribution < 1.29 is 54.9 Å². The highest BCUT2D eigenvalue weighted by Gasteiger charge is 2.43. The van der Waals surface area contributed by atoms with Gasteiger partial charge in [-0.05, 0) is 24.3 Å². The number of aliphatic hydroxyl groups is 3. The Morgan fingerprint density at radius 3 is 2.47 bits per heavy atom. The van der Waals surface area contributed by atoms with Crippen LogP contribution in [0.4, 0.5) is 0 Å². The van der Waals surface area contributed by atoms with Crippen LogP contribution in [-0.2, 0) is 9.53 Å². The number of aliphatic hydroxyl groups excluding tert-OH is 3. The molecule has 0 spiro atoms. The Labute approximate surface area is 179 Å². The predicted molar refractivity (Wildman–Crippen MR) is 102 cm³/mol. The molecule has 2 aliphatic heterocycles. The van der Waals surface area contributed by atoms with E-state index in [2.05, 4.69) is 0 Å². The number of aromatic hydroxyl groups is 3. The molecule has 0 aromatic heterocycles. The van der Waals surface area contributed by atoms with Gasteiger partial charge in [0.15, 0.2) is 17.6 Å². The van der Waals surface area contributed by atoms with Gasteiger partial charge >= 0.3 is 0 Å². The highest BCUT2D eigenvalue weighted by Crippen LogP contribution is 2.44. The number of phenolic OH excluding ortho intramolecular Hbond substituents is 3. The SMILES string of the molecule is O=C1C(CO)OC(Oc2cc(O)c3c(c2)OC(c2ccc(O)c(O)c2)=CC3O)C(O)N1O. The fourth-order valence-corrected chi connectivity index (χ4v) is 3.28. The monoisotopic (exact) mass is 449 g/mol. The number of hydroxylamine groups is 2. The summed E-state index contributed by atoms with van der Waals surface area (Å²) in [7, 11) is 0. The molecule has 2 aromatic carbocycles. The number of benzene rings is 2. The van der Waals surface area contributed by atoms with E-state index in [-0.39, 0.29) is 33.6 Å². The maximum atomic E-state index is 11.7. The summed E-state index contributed by atoms with van der Waals surface area (Å²) in [5, 5.41) is 68.8. The van der Waals surface area contributed by atoms with Crippen LogP contribution in [0.2, 0.25) is 0 Å². The zero-order valence-electron chi connectivity index (χ0n) is 16.2. The van der Waals surface area contributed by atoms with Crippen molar-refractivity contribution >= 4 is 11.7 Å². The van der Waals surface area contributed by atoms with Gasteiger partial charge in [0.1, 0.15) is 29.1 Å². The van der Waals surface area contributed by atoms with Gasteiger partial charge in [-0.25, -0.2) is 0 Å². The number of fused-ring (bicyclic) bond motifs is 1. The van der Waals surface area contributed by atoms with Crippen LogP contribution >= 0.6 is 0 Å². The van der Waals surface area contributed by atoms with Crippen molar-refractivity contribution in [3.8, 4) is 28.7 Å². The molecule has 2 heterocycles. The first-order chi connectivity index (χ1) is 15.2. The van der Waals surface area contributed by atoms with Crippen LogP contribution in [0.15, 0.2) is 36.4 Å². The predicted octanol–water partition coefficient (Wildman–Crippen LogP) is -0.0975. The summed E-state index contributed by atoms with van der Waals surface area (Å²) in [5.41, 5.74) is 0.337. The highest BCUT2D eigenvalue weighted by atomic mass is 16.7. The molecular weight excluding hydrogens is 430 g/mol. The van der Waals surface area contributed by atoms with Gasteiger partial charge < -0.3 is 44.8 Å². The second kappa shape index (κ2) is 8.18. The summed E-state index contributed by atoms with van der Waals surface area (Å²) >= 11 is 0. The zero-order valence-corrected chi connectivity index (χ0v) is 16.2. The Morgan fingerprint density at radius 1 is 1.03 bits per heavy atom. The van der Waals surface area contributed by atoms with Crippen LogP contribution in [0.3, 0.4) is 0 Å². The van der Waals surface area contributed by atoms with Gasteiger partial charge in [-0.2, -0.15) is 5.06 Å². The summed E-state index contributed by atoms with van der Waals surface area (Å²) < 4.78 is 16.3. The number of amides is 1. The van der Waals surface area contributed by atoms with E-state index in [1.807, 2.05) is 0 Å². The first-order valence-electron chi connectivity index (χ1n) is 9.29. The number of nitrogens with zero attached hydrogens (tertiary/aromatic N) is 1. The molecule has 170 valence electrons. The number of ether oxygens (including phenoxy) is 3. The third-order valence-corrected chi connectivity index (χ3v) is 4.89. The van der Waals surface area contributed by atoms with Gasteiger partial charge in [-0.15, -0.1) is 0 Å². The van der Waals surface area contributed by atoms with Crippen LogP contribution in [-0.4, -0.2) is 72.0 Å². The molecule has 1 fully saturated rings. The molecule has 4 atom stereocenters. The van der Waals surface area contributed by atoms with Crippen LogP contribution < -0.4 is 9.47 Å². The van der Waals surface area contributed by atoms with Crippen LogP contribution in [0.5, 0.6) is 28.7 Å². The molecule has 4 unspecified atom stereocenters.